The van der Waals surface area contributed by atoms with E-state index in [0.29, 0.717) is 18.8 Å². The number of anilines is 1. The van der Waals surface area contributed by atoms with Crippen LogP contribution in [0.15, 0.2) is 53.0 Å². The van der Waals surface area contributed by atoms with E-state index in [4.69, 9.17) is 0 Å². The van der Waals surface area contributed by atoms with Crippen LogP contribution in [0.25, 0.3) is 0 Å². The molecule has 2 unspecified atom stereocenters. The molecule has 0 spiro atoms. The number of thioether (sulfide) groups is 1. The number of rotatable bonds is 3. The van der Waals surface area contributed by atoms with Gasteiger partial charge in [0, 0.05) is 35.4 Å². The number of benzene rings is 2. The van der Waals surface area contributed by atoms with Crippen LogP contribution in [0.4, 0.5) is 10.1 Å². The highest BCUT2D eigenvalue weighted by Gasteiger charge is 2.40. The number of carbonyl (C=O) groups excluding carboxylic acids is 2. The predicted molar refractivity (Wildman–Crippen MR) is 108 cm³/mol. The molecule has 2 atom stereocenters. The predicted octanol–water partition coefficient (Wildman–Crippen LogP) is 4.22. The standard InChI is InChI=1S/C20H18BrFN2O2S/c21-15-3-1-13(2-4-15)20-23(9-10-27-20)19(26)14-11-18(25)24(12-14)17-7-5-16(22)6-8-17/h1-8,14,20H,9-12H2. The molecule has 2 fully saturated rings. The molecule has 0 N–H and O–H groups in total. The average Bonchev–Trinajstić information content (AvgIpc) is 3.30. The van der Waals surface area contributed by atoms with E-state index in [1.807, 2.05) is 29.2 Å². The third-order valence-electron chi connectivity index (χ3n) is 4.94. The van der Waals surface area contributed by atoms with Crippen LogP contribution in [0.3, 0.4) is 0 Å². The Bertz CT molecular complexity index is 859. The van der Waals surface area contributed by atoms with Crippen LogP contribution in [0, 0.1) is 11.7 Å². The summed E-state index contributed by atoms with van der Waals surface area (Å²) < 4.78 is 14.1. The molecule has 2 aromatic carbocycles. The van der Waals surface area contributed by atoms with Gasteiger partial charge in [-0.3, -0.25) is 9.59 Å². The lowest BCUT2D eigenvalue weighted by molar-refractivity contribution is -0.136. The van der Waals surface area contributed by atoms with Gasteiger partial charge < -0.3 is 9.80 Å². The summed E-state index contributed by atoms with van der Waals surface area (Å²) in [5, 5.41) is -0.0134. The van der Waals surface area contributed by atoms with Crippen molar-refractivity contribution in [3.63, 3.8) is 0 Å². The summed E-state index contributed by atoms with van der Waals surface area (Å²) in [4.78, 5) is 29.0. The van der Waals surface area contributed by atoms with E-state index in [1.54, 1.807) is 28.8 Å². The van der Waals surface area contributed by atoms with E-state index in [2.05, 4.69) is 15.9 Å². The number of nitrogens with zero attached hydrogens (tertiary/aromatic N) is 2. The smallest absolute Gasteiger partial charge is 0.229 e. The van der Waals surface area contributed by atoms with Gasteiger partial charge in [-0.25, -0.2) is 4.39 Å². The fourth-order valence-corrected chi connectivity index (χ4v) is 5.11. The van der Waals surface area contributed by atoms with Gasteiger partial charge in [0.05, 0.1) is 5.92 Å². The van der Waals surface area contributed by atoms with Gasteiger partial charge in [0.15, 0.2) is 0 Å². The van der Waals surface area contributed by atoms with E-state index in [9.17, 15) is 14.0 Å². The van der Waals surface area contributed by atoms with Gasteiger partial charge in [-0.2, -0.15) is 0 Å². The second-order valence-electron chi connectivity index (χ2n) is 6.69. The molecule has 27 heavy (non-hydrogen) atoms. The molecule has 2 heterocycles. The van der Waals surface area contributed by atoms with E-state index in [0.717, 1.165) is 15.8 Å². The Hall–Kier alpha value is -1.86. The lowest BCUT2D eigenvalue weighted by atomic mass is 10.1. The summed E-state index contributed by atoms with van der Waals surface area (Å²) >= 11 is 5.18. The molecule has 4 rings (SSSR count). The fourth-order valence-electron chi connectivity index (χ4n) is 3.58. The molecule has 2 saturated heterocycles. The Kier molecular flexibility index (Phi) is 5.23. The lowest BCUT2D eigenvalue weighted by Crippen LogP contribution is -2.37. The molecule has 2 aliphatic rings. The summed E-state index contributed by atoms with van der Waals surface area (Å²) in [5.74, 6) is 0.107. The van der Waals surface area contributed by atoms with Crippen LogP contribution in [-0.2, 0) is 9.59 Å². The van der Waals surface area contributed by atoms with Crippen LogP contribution in [0.1, 0.15) is 17.4 Å². The lowest BCUT2D eigenvalue weighted by Gasteiger charge is -2.27. The minimum Gasteiger partial charge on any atom is -0.325 e. The minimum absolute atomic E-state index is 0.0134. The van der Waals surface area contributed by atoms with Crippen molar-refractivity contribution < 1.29 is 14.0 Å². The molecule has 2 aliphatic heterocycles. The van der Waals surface area contributed by atoms with Crippen LogP contribution >= 0.6 is 27.7 Å². The molecular formula is C20H18BrFN2O2S. The highest BCUT2D eigenvalue weighted by Crippen LogP contribution is 2.40. The monoisotopic (exact) mass is 448 g/mol. The Morgan fingerprint density at radius 2 is 1.81 bits per heavy atom. The molecule has 140 valence electrons. The van der Waals surface area contributed by atoms with Crippen molar-refractivity contribution in [1.82, 2.24) is 4.90 Å². The molecule has 4 nitrogen and oxygen atoms in total. The van der Waals surface area contributed by atoms with Gasteiger partial charge in [-0.15, -0.1) is 11.8 Å². The number of carbonyl (C=O) groups is 2. The van der Waals surface area contributed by atoms with E-state index in [-0.39, 0.29) is 35.3 Å². The highest BCUT2D eigenvalue weighted by atomic mass is 79.9. The summed E-state index contributed by atoms with van der Waals surface area (Å²) in [7, 11) is 0. The maximum absolute atomic E-state index is 13.1. The van der Waals surface area contributed by atoms with Crippen LogP contribution < -0.4 is 4.90 Å². The van der Waals surface area contributed by atoms with Gasteiger partial charge in [0.2, 0.25) is 11.8 Å². The normalized spacial score (nSPS) is 22.5. The first-order chi connectivity index (χ1) is 13.0. The van der Waals surface area contributed by atoms with Crippen molar-refractivity contribution in [2.45, 2.75) is 11.8 Å². The van der Waals surface area contributed by atoms with Gasteiger partial charge >= 0.3 is 0 Å². The van der Waals surface area contributed by atoms with Crippen molar-refractivity contribution in [3.05, 3.63) is 64.4 Å². The second kappa shape index (κ2) is 7.64. The summed E-state index contributed by atoms with van der Waals surface area (Å²) in [6.07, 6.45) is 0.199. The molecule has 0 saturated carbocycles. The highest BCUT2D eigenvalue weighted by molar-refractivity contribution is 9.10. The Morgan fingerprint density at radius 1 is 1.11 bits per heavy atom. The summed E-state index contributed by atoms with van der Waals surface area (Å²) in [6.45, 7) is 1.03. The minimum atomic E-state index is -0.362. The molecule has 2 aromatic rings. The molecular weight excluding hydrogens is 431 g/mol. The van der Waals surface area contributed by atoms with Crippen molar-refractivity contribution in [2.24, 2.45) is 5.92 Å². The van der Waals surface area contributed by atoms with E-state index < -0.39 is 0 Å². The topological polar surface area (TPSA) is 40.6 Å². The van der Waals surface area contributed by atoms with Crippen LogP contribution in [0.2, 0.25) is 0 Å². The summed E-state index contributed by atoms with van der Waals surface area (Å²) in [6, 6.07) is 13.8. The number of halogens is 2. The zero-order valence-electron chi connectivity index (χ0n) is 14.5. The van der Waals surface area contributed by atoms with Gasteiger partial charge in [0.1, 0.15) is 11.2 Å². The van der Waals surface area contributed by atoms with Crippen molar-refractivity contribution in [1.29, 1.82) is 0 Å². The average molecular weight is 449 g/mol. The van der Waals surface area contributed by atoms with Crippen molar-refractivity contribution >= 4 is 45.2 Å². The third-order valence-corrected chi connectivity index (χ3v) is 6.73. The molecule has 0 radical (unpaired) electrons. The molecule has 0 bridgehead atoms. The first-order valence-electron chi connectivity index (χ1n) is 8.76. The Labute approximate surface area is 169 Å². The maximum Gasteiger partial charge on any atom is 0.229 e. The SMILES string of the molecule is O=C1CC(C(=O)N2CCSC2c2ccc(Br)cc2)CN1c1ccc(F)cc1. The van der Waals surface area contributed by atoms with E-state index >= 15 is 0 Å². The third kappa shape index (κ3) is 3.75. The van der Waals surface area contributed by atoms with Gasteiger partial charge in [-0.1, -0.05) is 28.1 Å². The van der Waals surface area contributed by atoms with Crippen molar-refractivity contribution in [2.75, 3.05) is 23.7 Å². The van der Waals surface area contributed by atoms with Crippen LogP contribution in [0.5, 0.6) is 0 Å². The number of amides is 2. The van der Waals surface area contributed by atoms with Crippen molar-refractivity contribution in [3.8, 4) is 0 Å². The first kappa shape index (κ1) is 18.5. The zero-order valence-corrected chi connectivity index (χ0v) is 16.9. The zero-order chi connectivity index (χ0) is 19.0. The largest absolute Gasteiger partial charge is 0.325 e. The fraction of sp³-hybridized carbons (Fsp3) is 0.300. The quantitative estimate of drug-likeness (QED) is 0.705. The van der Waals surface area contributed by atoms with Gasteiger partial charge in [-0.05, 0) is 42.0 Å². The number of hydrogen-bond donors (Lipinski definition) is 0. The Morgan fingerprint density at radius 3 is 2.52 bits per heavy atom. The number of hydrogen-bond acceptors (Lipinski definition) is 3. The first-order valence-corrected chi connectivity index (χ1v) is 10.6. The summed E-state index contributed by atoms with van der Waals surface area (Å²) in [5.41, 5.74) is 1.73. The van der Waals surface area contributed by atoms with Crippen LogP contribution in [-0.4, -0.2) is 35.6 Å². The second-order valence-corrected chi connectivity index (χ2v) is 8.79. The Balaban J connectivity index is 1.50. The van der Waals surface area contributed by atoms with Gasteiger partial charge in [0.25, 0.3) is 0 Å². The van der Waals surface area contributed by atoms with E-state index in [1.165, 1.54) is 12.1 Å². The maximum atomic E-state index is 13.1. The molecule has 0 aromatic heterocycles. The molecule has 0 aliphatic carbocycles. The molecule has 2 amide bonds. The molecule has 7 heteroatoms.